The first-order chi connectivity index (χ1) is 13.7. The van der Waals surface area contributed by atoms with Gasteiger partial charge in [-0.1, -0.05) is 66.2 Å². The molecule has 0 saturated carbocycles. The highest BCUT2D eigenvalue weighted by molar-refractivity contribution is 5.99. The second-order valence-electron chi connectivity index (χ2n) is 6.47. The number of para-hydroxylation sites is 2. The van der Waals surface area contributed by atoms with E-state index >= 15 is 0 Å². The van der Waals surface area contributed by atoms with Gasteiger partial charge in [0.15, 0.2) is 0 Å². The lowest BCUT2D eigenvalue weighted by molar-refractivity contribution is 0.262. The summed E-state index contributed by atoms with van der Waals surface area (Å²) in [6.45, 7) is 2.05. The molecule has 0 atom stereocenters. The van der Waals surface area contributed by atoms with E-state index in [1.165, 1.54) is 5.56 Å². The van der Waals surface area contributed by atoms with E-state index in [2.05, 4.69) is 10.6 Å². The van der Waals surface area contributed by atoms with E-state index in [9.17, 15) is 4.79 Å². The van der Waals surface area contributed by atoms with Gasteiger partial charge in [-0.05, 0) is 31.2 Å². The normalized spacial score (nSPS) is 10.5. The zero-order chi connectivity index (χ0) is 19.3. The largest absolute Gasteiger partial charge is 0.324 e. The zero-order valence-corrected chi connectivity index (χ0v) is 15.5. The molecule has 5 nitrogen and oxygen atoms in total. The predicted octanol–water partition coefficient (Wildman–Crippen LogP) is 5.49. The van der Waals surface area contributed by atoms with Crippen LogP contribution in [0.1, 0.15) is 5.56 Å². The first-order valence-corrected chi connectivity index (χ1v) is 9.05. The monoisotopic (exact) mass is 368 g/mol. The Morgan fingerprint density at radius 2 is 1.46 bits per heavy atom. The van der Waals surface area contributed by atoms with Crippen LogP contribution in [0.3, 0.4) is 0 Å². The van der Waals surface area contributed by atoms with Crippen LogP contribution in [-0.2, 0) is 0 Å². The summed E-state index contributed by atoms with van der Waals surface area (Å²) < 4.78 is 1.74. The van der Waals surface area contributed by atoms with Gasteiger partial charge in [0.25, 0.3) is 0 Å². The minimum Gasteiger partial charge on any atom is -0.308 e. The van der Waals surface area contributed by atoms with Crippen LogP contribution in [0.5, 0.6) is 0 Å². The van der Waals surface area contributed by atoms with Crippen LogP contribution in [0.25, 0.3) is 16.9 Å². The van der Waals surface area contributed by atoms with Crippen molar-refractivity contribution in [2.24, 2.45) is 0 Å². The number of hydrogen-bond acceptors (Lipinski definition) is 2. The van der Waals surface area contributed by atoms with E-state index in [0.29, 0.717) is 5.82 Å². The lowest BCUT2D eigenvalue weighted by Crippen LogP contribution is -2.21. The summed E-state index contributed by atoms with van der Waals surface area (Å²) in [5, 5.41) is 10.5. The number of nitrogens with zero attached hydrogens (tertiary/aromatic N) is 2. The van der Waals surface area contributed by atoms with E-state index in [0.717, 1.165) is 22.6 Å². The summed E-state index contributed by atoms with van der Waals surface area (Å²) in [5.74, 6) is 0.593. The molecule has 2 N–H and O–H groups in total. The molecule has 0 aliphatic rings. The quantitative estimate of drug-likeness (QED) is 0.500. The third kappa shape index (κ3) is 3.94. The molecule has 0 aliphatic carbocycles. The van der Waals surface area contributed by atoms with Gasteiger partial charge < -0.3 is 5.32 Å². The predicted molar refractivity (Wildman–Crippen MR) is 113 cm³/mol. The molecule has 0 fully saturated rings. The molecule has 28 heavy (non-hydrogen) atoms. The third-order valence-corrected chi connectivity index (χ3v) is 4.33. The molecule has 2 amide bonds. The highest BCUT2D eigenvalue weighted by atomic mass is 16.2. The zero-order valence-electron chi connectivity index (χ0n) is 15.5. The molecule has 0 saturated heterocycles. The average Bonchev–Trinajstić information content (AvgIpc) is 3.13. The fourth-order valence-electron chi connectivity index (χ4n) is 2.90. The molecule has 4 rings (SSSR count). The highest BCUT2D eigenvalue weighted by Gasteiger charge is 2.14. The van der Waals surface area contributed by atoms with Crippen LogP contribution in [0.2, 0.25) is 0 Å². The molecule has 138 valence electrons. The Hall–Kier alpha value is -3.86. The molecular formula is C23H20N4O. The molecule has 0 aliphatic heterocycles. The standard InChI is InChI=1S/C23H20N4O/c1-17-12-14-18(15-13-17)21-16-22(27(26-21)20-10-6-3-7-11-20)25-23(28)24-19-8-4-2-5-9-19/h2-16H,1H3,(H2,24,25,28). The second kappa shape index (κ2) is 7.80. The summed E-state index contributed by atoms with van der Waals surface area (Å²) >= 11 is 0. The Labute approximate surface area is 163 Å². The number of hydrogen-bond donors (Lipinski definition) is 2. The minimum atomic E-state index is -0.321. The average molecular weight is 368 g/mol. The summed E-state index contributed by atoms with van der Waals surface area (Å²) in [7, 11) is 0. The van der Waals surface area contributed by atoms with Crippen molar-refractivity contribution >= 4 is 17.5 Å². The van der Waals surface area contributed by atoms with E-state index in [-0.39, 0.29) is 6.03 Å². The molecule has 1 heterocycles. The first-order valence-electron chi connectivity index (χ1n) is 9.05. The van der Waals surface area contributed by atoms with Crippen molar-refractivity contribution in [2.75, 3.05) is 10.6 Å². The van der Waals surface area contributed by atoms with Crippen molar-refractivity contribution in [3.8, 4) is 16.9 Å². The molecule has 0 radical (unpaired) electrons. The molecule has 5 heteroatoms. The molecule has 1 aromatic heterocycles. The molecular weight excluding hydrogens is 348 g/mol. The number of nitrogens with one attached hydrogen (secondary N) is 2. The van der Waals surface area contributed by atoms with Gasteiger partial charge in [-0.15, -0.1) is 0 Å². The smallest absolute Gasteiger partial charge is 0.308 e. The molecule has 0 unspecified atom stereocenters. The van der Waals surface area contributed by atoms with Crippen molar-refractivity contribution in [3.05, 3.63) is 96.6 Å². The van der Waals surface area contributed by atoms with Gasteiger partial charge in [0.2, 0.25) is 0 Å². The lowest BCUT2D eigenvalue weighted by atomic mass is 10.1. The number of benzene rings is 3. The number of urea groups is 1. The van der Waals surface area contributed by atoms with Crippen molar-refractivity contribution in [1.82, 2.24) is 9.78 Å². The van der Waals surface area contributed by atoms with Crippen LogP contribution in [-0.4, -0.2) is 15.8 Å². The summed E-state index contributed by atoms with van der Waals surface area (Å²) in [6, 6.07) is 28.8. The van der Waals surface area contributed by atoms with Gasteiger partial charge in [-0.3, -0.25) is 5.32 Å². The van der Waals surface area contributed by atoms with Crippen molar-refractivity contribution in [2.45, 2.75) is 6.92 Å². The van der Waals surface area contributed by atoms with Crippen LogP contribution in [0.15, 0.2) is 91.0 Å². The van der Waals surface area contributed by atoms with E-state index in [1.54, 1.807) is 4.68 Å². The third-order valence-electron chi connectivity index (χ3n) is 4.33. The number of anilines is 2. The summed E-state index contributed by atoms with van der Waals surface area (Å²) in [4.78, 5) is 12.5. The van der Waals surface area contributed by atoms with E-state index in [1.807, 2.05) is 97.9 Å². The van der Waals surface area contributed by atoms with Gasteiger partial charge >= 0.3 is 6.03 Å². The van der Waals surface area contributed by atoms with Crippen molar-refractivity contribution < 1.29 is 4.79 Å². The number of carbonyl (C=O) groups excluding carboxylic acids is 1. The van der Waals surface area contributed by atoms with Crippen molar-refractivity contribution in [1.29, 1.82) is 0 Å². The molecule has 3 aromatic carbocycles. The maximum absolute atomic E-state index is 12.5. The summed E-state index contributed by atoms with van der Waals surface area (Å²) in [6.07, 6.45) is 0. The maximum Gasteiger partial charge on any atom is 0.324 e. The Kier molecular flexibility index (Phi) is 4.89. The lowest BCUT2D eigenvalue weighted by Gasteiger charge is -2.10. The Morgan fingerprint density at radius 1 is 0.821 bits per heavy atom. The fourth-order valence-corrected chi connectivity index (χ4v) is 2.90. The number of carbonyl (C=O) groups is 1. The fraction of sp³-hybridized carbons (Fsp3) is 0.0435. The topological polar surface area (TPSA) is 59.0 Å². The number of aryl methyl sites for hydroxylation is 1. The second-order valence-corrected chi connectivity index (χ2v) is 6.47. The summed E-state index contributed by atoms with van der Waals surface area (Å²) in [5.41, 5.74) is 4.57. The van der Waals surface area contributed by atoms with Crippen LogP contribution < -0.4 is 10.6 Å². The van der Waals surface area contributed by atoms with E-state index < -0.39 is 0 Å². The van der Waals surface area contributed by atoms with Crippen LogP contribution >= 0.6 is 0 Å². The SMILES string of the molecule is Cc1ccc(-c2cc(NC(=O)Nc3ccccc3)n(-c3ccccc3)n2)cc1. The van der Waals surface area contributed by atoms with Crippen LogP contribution in [0.4, 0.5) is 16.3 Å². The van der Waals surface area contributed by atoms with Gasteiger partial charge in [-0.25, -0.2) is 9.48 Å². The maximum atomic E-state index is 12.5. The van der Waals surface area contributed by atoms with Crippen molar-refractivity contribution in [3.63, 3.8) is 0 Å². The number of amides is 2. The Bertz CT molecular complexity index is 1070. The number of rotatable bonds is 4. The Balaban J connectivity index is 1.66. The molecule has 0 spiro atoms. The molecule has 4 aromatic rings. The van der Waals surface area contributed by atoms with Gasteiger partial charge in [0.05, 0.1) is 11.4 Å². The first kappa shape index (κ1) is 17.5. The van der Waals surface area contributed by atoms with Gasteiger partial charge in [0.1, 0.15) is 5.82 Å². The van der Waals surface area contributed by atoms with Gasteiger partial charge in [0, 0.05) is 17.3 Å². The van der Waals surface area contributed by atoms with E-state index in [4.69, 9.17) is 5.10 Å². The highest BCUT2D eigenvalue weighted by Crippen LogP contribution is 2.25. The molecule has 0 bridgehead atoms. The van der Waals surface area contributed by atoms with Gasteiger partial charge in [-0.2, -0.15) is 5.10 Å². The minimum absolute atomic E-state index is 0.321. The number of aromatic nitrogens is 2. The van der Waals surface area contributed by atoms with Crippen LogP contribution in [0, 0.1) is 6.92 Å². The Morgan fingerprint density at radius 3 is 2.14 bits per heavy atom.